The molecule has 0 aliphatic heterocycles. The lowest BCUT2D eigenvalue weighted by molar-refractivity contribution is 0.247. The molecule has 0 spiro atoms. The van der Waals surface area contributed by atoms with Gasteiger partial charge in [-0.25, -0.2) is 4.79 Å². The van der Waals surface area contributed by atoms with Gasteiger partial charge < -0.3 is 10.6 Å². The maximum atomic E-state index is 11.7. The number of anilines is 1. The molecule has 2 rings (SSSR count). The number of benzene rings is 1. The first kappa shape index (κ1) is 13.6. The number of carbonyl (C=O) groups is 1. The molecule has 2 amide bonds. The first-order valence-electron chi connectivity index (χ1n) is 6.54. The highest BCUT2D eigenvalue weighted by Gasteiger charge is 2.14. The molecule has 4 heteroatoms. The number of amides is 2. The van der Waals surface area contributed by atoms with Crippen LogP contribution in [0.2, 0.25) is 0 Å². The summed E-state index contributed by atoms with van der Waals surface area (Å²) >= 11 is 2.25. The third kappa shape index (κ3) is 4.48. The van der Waals surface area contributed by atoms with Gasteiger partial charge >= 0.3 is 6.03 Å². The maximum absolute atomic E-state index is 11.7. The van der Waals surface area contributed by atoms with Crippen molar-refractivity contribution in [1.29, 1.82) is 0 Å². The summed E-state index contributed by atoms with van der Waals surface area (Å²) in [5.41, 5.74) is 0.844. The average Bonchev–Trinajstić information content (AvgIpc) is 2.40. The topological polar surface area (TPSA) is 41.1 Å². The van der Waals surface area contributed by atoms with Crippen LogP contribution in [0.1, 0.15) is 32.1 Å². The highest BCUT2D eigenvalue weighted by atomic mass is 127. The number of urea groups is 1. The van der Waals surface area contributed by atoms with Crippen LogP contribution >= 0.6 is 22.6 Å². The number of hydrogen-bond donors (Lipinski definition) is 2. The summed E-state index contributed by atoms with van der Waals surface area (Å²) in [6.45, 7) is 0.802. The van der Waals surface area contributed by atoms with E-state index in [-0.39, 0.29) is 6.03 Å². The summed E-state index contributed by atoms with van der Waals surface area (Å²) < 4.78 is 1.17. The third-order valence-electron chi connectivity index (χ3n) is 3.38. The van der Waals surface area contributed by atoms with Gasteiger partial charge in [-0.05, 0) is 65.6 Å². The van der Waals surface area contributed by atoms with Crippen LogP contribution in [0.5, 0.6) is 0 Å². The molecule has 1 aromatic rings. The number of halogens is 1. The van der Waals surface area contributed by atoms with Gasteiger partial charge in [0.05, 0.1) is 0 Å². The van der Waals surface area contributed by atoms with E-state index in [0.717, 1.165) is 12.2 Å². The van der Waals surface area contributed by atoms with Gasteiger partial charge in [0.1, 0.15) is 0 Å². The molecule has 0 bridgehead atoms. The smallest absolute Gasteiger partial charge is 0.319 e. The van der Waals surface area contributed by atoms with Crippen LogP contribution in [-0.4, -0.2) is 12.6 Å². The van der Waals surface area contributed by atoms with Crippen molar-refractivity contribution in [2.75, 3.05) is 11.9 Å². The zero-order valence-electron chi connectivity index (χ0n) is 10.4. The molecule has 3 nitrogen and oxygen atoms in total. The molecule has 1 fully saturated rings. The molecule has 2 N–H and O–H groups in total. The summed E-state index contributed by atoms with van der Waals surface area (Å²) in [4.78, 5) is 11.7. The second-order valence-corrected chi connectivity index (χ2v) is 6.09. The van der Waals surface area contributed by atoms with Crippen molar-refractivity contribution in [3.05, 3.63) is 27.8 Å². The lowest BCUT2D eigenvalue weighted by atomic mass is 9.89. The summed E-state index contributed by atoms with van der Waals surface area (Å²) in [6, 6.07) is 7.71. The van der Waals surface area contributed by atoms with Crippen LogP contribution in [-0.2, 0) is 0 Å². The lowest BCUT2D eigenvalue weighted by Crippen LogP contribution is -2.33. The lowest BCUT2D eigenvalue weighted by Gasteiger charge is -2.21. The van der Waals surface area contributed by atoms with Crippen molar-refractivity contribution in [1.82, 2.24) is 5.32 Å². The SMILES string of the molecule is O=C(NCC1CCCCC1)Nc1ccc(I)cc1. The standard InChI is InChI=1S/C14H19IN2O/c15-12-6-8-13(9-7-12)17-14(18)16-10-11-4-2-1-3-5-11/h6-9,11H,1-5,10H2,(H2,16,17,18). The summed E-state index contributed by atoms with van der Waals surface area (Å²) in [6.07, 6.45) is 6.48. The van der Waals surface area contributed by atoms with Gasteiger partial charge in [0, 0.05) is 15.8 Å². The minimum Gasteiger partial charge on any atom is -0.338 e. The second-order valence-electron chi connectivity index (χ2n) is 4.85. The third-order valence-corrected chi connectivity index (χ3v) is 4.10. The Bertz CT molecular complexity index is 385. The van der Waals surface area contributed by atoms with Gasteiger partial charge in [0.15, 0.2) is 0 Å². The van der Waals surface area contributed by atoms with Crippen LogP contribution in [0.4, 0.5) is 10.5 Å². The molecule has 1 aliphatic rings. The van der Waals surface area contributed by atoms with Gasteiger partial charge in [0.25, 0.3) is 0 Å². The number of nitrogens with one attached hydrogen (secondary N) is 2. The largest absolute Gasteiger partial charge is 0.338 e. The predicted molar refractivity (Wildman–Crippen MR) is 82.8 cm³/mol. The molecule has 0 aromatic heterocycles. The number of carbonyl (C=O) groups excluding carboxylic acids is 1. The Labute approximate surface area is 122 Å². The molecule has 18 heavy (non-hydrogen) atoms. The van der Waals surface area contributed by atoms with E-state index in [1.165, 1.54) is 35.7 Å². The first-order valence-corrected chi connectivity index (χ1v) is 7.62. The van der Waals surface area contributed by atoms with Crippen LogP contribution in [0.15, 0.2) is 24.3 Å². The van der Waals surface area contributed by atoms with Crippen molar-refractivity contribution >= 4 is 34.3 Å². The van der Waals surface area contributed by atoms with Crippen LogP contribution in [0.3, 0.4) is 0 Å². The monoisotopic (exact) mass is 358 g/mol. The van der Waals surface area contributed by atoms with Gasteiger partial charge in [-0.1, -0.05) is 19.3 Å². The van der Waals surface area contributed by atoms with E-state index >= 15 is 0 Å². The van der Waals surface area contributed by atoms with E-state index in [1.54, 1.807) is 0 Å². The van der Waals surface area contributed by atoms with Crippen molar-refractivity contribution in [3.8, 4) is 0 Å². The van der Waals surface area contributed by atoms with Crippen molar-refractivity contribution in [3.63, 3.8) is 0 Å². The molecule has 0 radical (unpaired) electrons. The van der Waals surface area contributed by atoms with E-state index < -0.39 is 0 Å². The molecule has 1 saturated carbocycles. The van der Waals surface area contributed by atoms with E-state index in [9.17, 15) is 4.79 Å². The van der Waals surface area contributed by atoms with E-state index in [4.69, 9.17) is 0 Å². The molecular formula is C14H19IN2O. The highest BCUT2D eigenvalue weighted by molar-refractivity contribution is 14.1. The highest BCUT2D eigenvalue weighted by Crippen LogP contribution is 2.22. The van der Waals surface area contributed by atoms with Crippen molar-refractivity contribution in [2.24, 2.45) is 5.92 Å². The Kier molecular flexibility index (Phi) is 5.28. The fraction of sp³-hybridized carbons (Fsp3) is 0.500. The molecule has 0 saturated heterocycles. The van der Waals surface area contributed by atoms with Crippen LogP contribution in [0.25, 0.3) is 0 Å². The Morgan fingerprint density at radius 1 is 1.17 bits per heavy atom. The van der Waals surface area contributed by atoms with Crippen LogP contribution < -0.4 is 10.6 Å². The summed E-state index contributed by atoms with van der Waals surface area (Å²) in [7, 11) is 0. The molecule has 1 aromatic carbocycles. The zero-order valence-corrected chi connectivity index (χ0v) is 12.6. The predicted octanol–water partition coefficient (Wildman–Crippen LogP) is 3.99. The Morgan fingerprint density at radius 3 is 2.50 bits per heavy atom. The molecule has 0 heterocycles. The average molecular weight is 358 g/mol. The molecule has 0 unspecified atom stereocenters. The molecule has 0 atom stereocenters. The zero-order chi connectivity index (χ0) is 12.8. The van der Waals surface area contributed by atoms with Crippen molar-refractivity contribution in [2.45, 2.75) is 32.1 Å². The van der Waals surface area contributed by atoms with Crippen molar-refractivity contribution < 1.29 is 4.79 Å². The first-order chi connectivity index (χ1) is 8.74. The van der Waals surface area contributed by atoms with E-state index in [1.807, 2.05) is 24.3 Å². The Balaban J connectivity index is 1.73. The maximum Gasteiger partial charge on any atom is 0.319 e. The fourth-order valence-corrected chi connectivity index (χ4v) is 2.70. The normalized spacial score (nSPS) is 16.3. The number of rotatable bonds is 3. The van der Waals surface area contributed by atoms with Gasteiger partial charge in [-0.2, -0.15) is 0 Å². The fourth-order valence-electron chi connectivity index (χ4n) is 2.34. The van der Waals surface area contributed by atoms with Gasteiger partial charge in [-0.15, -0.1) is 0 Å². The number of hydrogen-bond acceptors (Lipinski definition) is 1. The second kappa shape index (κ2) is 6.97. The van der Waals surface area contributed by atoms with E-state index in [0.29, 0.717) is 5.92 Å². The molecule has 1 aliphatic carbocycles. The minimum atomic E-state index is -0.0956. The Morgan fingerprint density at radius 2 is 1.83 bits per heavy atom. The van der Waals surface area contributed by atoms with E-state index in [2.05, 4.69) is 33.2 Å². The quantitative estimate of drug-likeness (QED) is 0.789. The Hall–Kier alpha value is -0.780. The minimum absolute atomic E-state index is 0.0956. The summed E-state index contributed by atoms with van der Waals surface area (Å²) in [5.74, 6) is 0.668. The summed E-state index contributed by atoms with van der Waals surface area (Å²) in [5, 5.41) is 5.82. The van der Waals surface area contributed by atoms with Crippen LogP contribution in [0, 0.1) is 9.49 Å². The van der Waals surface area contributed by atoms with Gasteiger partial charge in [-0.3, -0.25) is 0 Å². The molecular weight excluding hydrogens is 339 g/mol. The molecule has 98 valence electrons. The van der Waals surface area contributed by atoms with Gasteiger partial charge in [0.2, 0.25) is 0 Å².